The number of rotatable bonds is 2. The first kappa shape index (κ1) is 16.1. The Labute approximate surface area is 137 Å². The van der Waals surface area contributed by atoms with E-state index >= 15 is 0 Å². The van der Waals surface area contributed by atoms with Gasteiger partial charge in [0, 0.05) is 40.3 Å². The number of aromatic nitrogens is 4. The number of aromatic amines is 1. The Kier molecular flexibility index (Phi) is 4.04. The highest BCUT2D eigenvalue weighted by atomic mass is 16.6. The number of fused-ring (bicyclic) bond motifs is 1. The summed E-state index contributed by atoms with van der Waals surface area (Å²) >= 11 is 0. The lowest BCUT2D eigenvalue weighted by Gasteiger charge is -2.33. The van der Waals surface area contributed by atoms with Crippen LogP contribution in [0, 0.1) is 0 Å². The second kappa shape index (κ2) is 6.02. The van der Waals surface area contributed by atoms with Crippen LogP contribution in [0.25, 0.3) is 11.2 Å². The molecule has 24 heavy (non-hydrogen) atoms. The van der Waals surface area contributed by atoms with Gasteiger partial charge < -0.3 is 19.5 Å². The largest absolute Gasteiger partial charge is 0.450 e. The molecule has 0 saturated carbocycles. The van der Waals surface area contributed by atoms with Crippen LogP contribution in [-0.4, -0.2) is 62.9 Å². The number of hydrogen-bond acceptors (Lipinski definition) is 6. The van der Waals surface area contributed by atoms with Crippen molar-refractivity contribution in [3.05, 3.63) is 20.8 Å². The molecule has 10 heteroatoms. The van der Waals surface area contributed by atoms with Gasteiger partial charge in [-0.25, -0.2) is 9.59 Å². The summed E-state index contributed by atoms with van der Waals surface area (Å²) in [6.07, 6.45) is -0.321. The number of piperazine rings is 1. The van der Waals surface area contributed by atoms with Crippen molar-refractivity contribution in [2.75, 3.05) is 37.7 Å². The lowest BCUT2D eigenvalue weighted by molar-refractivity contribution is 0.105. The van der Waals surface area contributed by atoms with Crippen LogP contribution in [0.2, 0.25) is 0 Å². The Balaban J connectivity index is 1.86. The molecule has 0 unspecified atom stereocenters. The van der Waals surface area contributed by atoms with Crippen LogP contribution >= 0.6 is 0 Å². The summed E-state index contributed by atoms with van der Waals surface area (Å²) in [5.41, 5.74) is -0.206. The monoisotopic (exact) mass is 336 g/mol. The van der Waals surface area contributed by atoms with Crippen LogP contribution in [0.4, 0.5) is 10.7 Å². The lowest BCUT2D eigenvalue weighted by atomic mass is 10.3. The van der Waals surface area contributed by atoms with E-state index in [2.05, 4.69) is 9.97 Å². The van der Waals surface area contributed by atoms with E-state index in [1.54, 1.807) is 18.9 Å². The summed E-state index contributed by atoms with van der Waals surface area (Å²) in [5.74, 6) is 0.520. The van der Waals surface area contributed by atoms with Crippen LogP contribution in [0.1, 0.15) is 6.92 Å². The predicted molar refractivity (Wildman–Crippen MR) is 87.4 cm³/mol. The summed E-state index contributed by atoms with van der Waals surface area (Å²) in [6.45, 7) is 4.26. The molecule has 0 aliphatic carbocycles. The van der Waals surface area contributed by atoms with Gasteiger partial charge in [-0.05, 0) is 6.92 Å². The van der Waals surface area contributed by atoms with E-state index in [9.17, 15) is 14.4 Å². The Morgan fingerprint density at radius 3 is 2.46 bits per heavy atom. The fraction of sp³-hybridized carbons (Fsp3) is 0.571. The normalized spacial score (nSPS) is 15.1. The van der Waals surface area contributed by atoms with Crippen molar-refractivity contribution in [1.29, 1.82) is 0 Å². The summed E-state index contributed by atoms with van der Waals surface area (Å²) in [4.78, 5) is 46.9. The molecule has 2 aromatic rings. The number of ether oxygens (including phenoxy) is 1. The van der Waals surface area contributed by atoms with E-state index < -0.39 is 11.2 Å². The van der Waals surface area contributed by atoms with Gasteiger partial charge in [0.2, 0.25) is 5.95 Å². The highest BCUT2D eigenvalue weighted by Gasteiger charge is 2.24. The van der Waals surface area contributed by atoms with Gasteiger partial charge in [-0.15, -0.1) is 0 Å². The van der Waals surface area contributed by atoms with Crippen LogP contribution in [0.15, 0.2) is 9.59 Å². The minimum atomic E-state index is -0.419. The van der Waals surface area contributed by atoms with E-state index in [1.807, 2.05) is 4.90 Å². The number of nitrogens with one attached hydrogen (secondary N) is 1. The van der Waals surface area contributed by atoms with Crippen molar-refractivity contribution in [3.8, 4) is 0 Å². The number of nitrogens with zero attached hydrogens (tertiary/aromatic N) is 5. The number of carbonyl (C=O) groups excluding carboxylic acids is 1. The van der Waals surface area contributed by atoms with E-state index in [4.69, 9.17) is 4.74 Å². The standard InChI is InChI=1S/C14H20N6O4/c1-4-24-14(23)20-7-5-19(6-8-20)12-15-9-10(16-12)17(2)13(22)18(3)11(9)21/h4-8H2,1-3H3,(H,15,16). The van der Waals surface area contributed by atoms with E-state index in [0.717, 1.165) is 4.57 Å². The van der Waals surface area contributed by atoms with Crippen molar-refractivity contribution in [2.24, 2.45) is 14.1 Å². The first-order valence-electron chi connectivity index (χ1n) is 7.76. The summed E-state index contributed by atoms with van der Waals surface area (Å²) in [6, 6.07) is 0. The molecule has 1 amide bonds. The van der Waals surface area contributed by atoms with Crippen LogP contribution in [0.3, 0.4) is 0 Å². The first-order chi connectivity index (χ1) is 11.4. The second-order valence-electron chi connectivity index (χ2n) is 5.64. The lowest BCUT2D eigenvalue weighted by Crippen LogP contribution is -2.49. The highest BCUT2D eigenvalue weighted by Crippen LogP contribution is 2.15. The predicted octanol–water partition coefficient (Wildman–Crippen LogP) is -0.761. The van der Waals surface area contributed by atoms with E-state index in [-0.39, 0.29) is 6.09 Å². The Hall–Kier alpha value is -2.78. The van der Waals surface area contributed by atoms with Crippen LogP contribution in [-0.2, 0) is 18.8 Å². The molecule has 1 N–H and O–H groups in total. The zero-order valence-corrected chi connectivity index (χ0v) is 13.9. The number of hydrogen-bond donors (Lipinski definition) is 1. The molecule has 1 aliphatic heterocycles. The topological polar surface area (TPSA) is 105 Å². The number of carbonyl (C=O) groups is 1. The van der Waals surface area contributed by atoms with Gasteiger partial charge in [0.1, 0.15) is 0 Å². The quantitative estimate of drug-likeness (QED) is 0.773. The van der Waals surface area contributed by atoms with Crippen molar-refractivity contribution in [1.82, 2.24) is 24.0 Å². The molecule has 0 spiro atoms. The summed E-state index contributed by atoms with van der Waals surface area (Å²) < 4.78 is 7.37. The van der Waals surface area contributed by atoms with Gasteiger partial charge in [0.05, 0.1) is 6.61 Å². The van der Waals surface area contributed by atoms with Gasteiger partial charge in [-0.3, -0.25) is 13.9 Å². The summed E-state index contributed by atoms with van der Waals surface area (Å²) in [7, 11) is 3.01. The average molecular weight is 336 g/mol. The molecular weight excluding hydrogens is 316 g/mol. The third kappa shape index (κ3) is 2.53. The van der Waals surface area contributed by atoms with Gasteiger partial charge >= 0.3 is 11.8 Å². The van der Waals surface area contributed by atoms with Gasteiger partial charge in [0.15, 0.2) is 11.2 Å². The Bertz CT molecular complexity index is 887. The molecule has 3 heterocycles. The molecule has 1 aliphatic rings. The van der Waals surface area contributed by atoms with Gasteiger partial charge in [-0.1, -0.05) is 0 Å². The highest BCUT2D eigenvalue weighted by molar-refractivity contribution is 5.73. The van der Waals surface area contributed by atoms with Crippen molar-refractivity contribution < 1.29 is 9.53 Å². The Morgan fingerprint density at radius 1 is 1.17 bits per heavy atom. The van der Waals surface area contributed by atoms with Crippen molar-refractivity contribution in [2.45, 2.75) is 6.92 Å². The second-order valence-corrected chi connectivity index (χ2v) is 5.64. The number of imidazole rings is 1. The Morgan fingerprint density at radius 2 is 1.83 bits per heavy atom. The van der Waals surface area contributed by atoms with Gasteiger partial charge in [-0.2, -0.15) is 4.98 Å². The third-order valence-corrected chi connectivity index (χ3v) is 4.19. The third-order valence-electron chi connectivity index (χ3n) is 4.19. The van der Waals surface area contributed by atoms with E-state index in [0.29, 0.717) is 49.9 Å². The smallest absolute Gasteiger partial charge is 0.409 e. The molecule has 0 radical (unpaired) electrons. The van der Waals surface area contributed by atoms with Crippen LogP contribution < -0.4 is 16.1 Å². The number of aryl methyl sites for hydroxylation is 1. The van der Waals surface area contributed by atoms with Crippen molar-refractivity contribution in [3.63, 3.8) is 0 Å². The molecule has 1 saturated heterocycles. The fourth-order valence-corrected chi connectivity index (χ4v) is 2.78. The fourth-order valence-electron chi connectivity index (χ4n) is 2.78. The molecule has 1 fully saturated rings. The molecule has 0 atom stereocenters. The van der Waals surface area contributed by atoms with Crippen molar-refractivity contribution >= 4 is 23.2 Å². The van der Waals surface area contributed by atoms with E-state index in [1.165, 1.54) is 11.6 Å². The first-order valence-corrected chi connectivity index (χ1v) is 7.76. The zero-order chi connectivity index (χ0) is 17.4. The summed E-state index contributed by atoms with van der Waals surface area (Å²) in [5, 5.41) is 0. The molecule has 0 aromatic carbocycles. The average Bonchev–Trinajstić information content (AvgIpc) is 3.04. The molecule has 3 rings (SSSR count). The van der Waals surface area contributed by atoms with Crippen LogP contribution in [0.5, 0.6) is 0 Å². The molecule has 130 valence electrons. The minimum Gasteiger partial charge on any atom is -0.450 e. The number of amides is 1. The molecule has 2 aromatic heterocycles. The maximum absolute atomic E-state index is 12.2. The minimum absolute atomic E-state index is 0.294. The zero-order valence-electron chi connectivity index (χ0n) is 13.9. The SMILES string of the molecule is CCOC(=O)N1CCN(c2nc3c([nH]2)c(=O)n(C)c(=O)n3C)CC1. The number of anilines is 1. The maximum Gasteiger partial charge on any atom is 0.409 e. The molecule has 10 nitrogen and oxygen atoms in total. The number of H-pyrrole nitrogens is 1. The molecular formula is C14H20N6O4. The molecule has 0 bridgehead atoms. The maximum atomic E-state index is 12.2. The van der Waals surface area contributed by atoms with Gasteiger partial charge in [0.25, 0.3) is 5.56 Å².